The van der Waals surface area contributed by atoms with Gasteiger partial charge in [0, 0.05) is 12.1 Å². The molecule has 1 fully saturated rings. The number of carbonyl (C=O) groups is 1. The van der Waals surface area contributed by atoms with Gasteiger partial charge in [-0.2, -0.15) is 0 Å². The highest BCUT2D eigenvalue weighted by molar-refractivity contribution is 7.91. The lowest BCUT2D eigenvalue weighted by Gasteiger charge is -2.10. The van der Waals surface area contributed by atoms with Crippen LogP contribution in [0.25, 0.3) is 0 Å². The number of amides is 1. The summed E-state index contributed by atoms with van der Waals surface area (Å²) in [7, 11) is -2.89. The summed E-state index contributed by atoms with van der Waals surface area (Å²) in [6.07, 6.45) is 2.72. The van der Waals surface area contributed by atoms with Crippen molar-refractivity contribution >= 4 is 15.7 Å². The molecule has 122 valence electrons. The molecule has 1 aliphatic rings. The van der Waals surface area contributed by atoms with Crippen molar-refractivity contribution in [3.8, 4) is 5.75 Å². The first-order valence-electron chi connectivity index (χ1n) is 7.71. The third-order valence-electron chi connectivity index (χ3n) is 3.76. The van der Waals surface area contributed by atoms with Crippen molar-refractivity contribution in [2.24, 2.45) is 5.92 Å². The van der Waals surface area contributed by atoms with Crippen molar-refractivity contribution in [1.82, 2.24) is 5.32 Å². The van der Waals surface area contributed by atoms with Crippen LogP contribution in [0, 0.1) is 5.92 Å². The van der Waals surface area contributed by atoms with Crippen molar-refractivity contribution in [2.45, 2.75) is 26.2 Å². The molecule has 1 heterocycles. The predicted octanol–water partition coefficient (Wildman–Crippen LogP) is 2.03. The van der Waals surface area contributed by atoms with Gasteiger partial charge in [0.15, 0.2) is 9.84 Å². The topological polar surface area (TPSA) is 72.5 Å². The highest BCUT2D eigenvalue weighted by Gasteiger charge is 2.27. The van der Waals surface area contributed by atoms with E-state index in [-0.39, 0.29) is 23.3 Å². The molecule has 0 unspecified atom stereocenters. The second-order valence-electron chi connectivity index (χ2n) is 5.71. The molecule has 0 aromatic heterocycles. The van der Waals surface area contributed by atoms with Crippen molar-refractivity contribution in [3.05, 3.63) is 29.8 Å². The molecule has 1 amide bonds. The lowest BCUT2D eigenvalue weighted by Crippen LogP contribution is -2.29. The maximum absolute atomic E-state index is 12.0. The Hall–Kier alpha value is -1.56. The minimum absolute atomic E-state index is 0.0330. The maximum Gasteiger partial charge on any atom is 0.251 e. The largest absolute Gasteiger partial charge is 0.494 e. The van der Waals surface area contributed by atoms with E-state index in [1.165, 1.54) is 0 Å². The highest BCUT2D eigenvalue weighted by Crippen LogP contribution is 2.18. The Morgan fingerprint density at radius 2 is 2.05 bits per heavy atom. The van der Waals surface area contributed by atoms with Crippen molar-refractivity contribution in [3.63, 3.8) is 0 Å². The number of ether oxygens (including phenoxy) is 1. The first-order chi connectivity index (χ1) is 10.5. The minimum atomic E-state index is -2.89. The first-order valence-corrected chi connectivity index (χ1v) is 9.54. The fourth-order valence-corrected chi connectivity index (χ4v) is 4.27. The van der Waals surface area contributed by atoms with E-state index >= 15 is 0 Å². The zero-order chi connectivity index (χ0) is 16.0. The van der Waals surface area contributed by atoms with E-state index in [4.69, 9.17) is 4.74 Å². The average molecular weight is 325 g/mol. The van der Waals surface area contributed by atoms with Gasteiger partial charge in [0.1, 0.15) is 5.75 Å². The van der Waals surface area contributed by atoms with Crippen LogP contribution in [0.2, 0.25) is 0 Å². The molecule has 2 rings (SSSR count). The summed E-state index contributed by atoms with van der Waals surface area (Å²) in [6.45, 7) is 3.19. The molecule has 1 aromatic rings. The average Bonchev–Trinajstić information content (AvgIpc) is 2.85. The molecule has 22 heavy (non-hydrogen) atoms. The van der Waals surface area contributed by atoms with Gasteiger partial charge in [0.05, 0.1) is 18.1 Å². The SMILES string of the molecule is CCCCOc1ccc(C(=O)NC[C@H]2CCS(=O)(=O)C2)cc1. The molecular weight excluding hydrogens is 302 g/mol. The lowest BCUT2D eigenvalue weighted by atomic mass is 10.1. The van der Waals surface area contributed by atoms with Crippen LogP contribution in [0.15, 0.2) is 24.3 Å². The molecule has 0 aliphatic carbocycles. The summed E-state index contributed by atoms with van der Waals surface area (Å²) in [5.41, 5.74) is 0.559. The summed E-state index contributed by atoms with van der Waals surface area (Å²) < 4.78 is 28.3. The summed E-state index contributed by atoms with van der Waals surface area (Å²) in [4.78, 5) is 12.0. The Balaban J connectivity index is 1.80. The zero-order valence-corrected chi connectivity index (χ0v) is 13.7. The lowest BCUT2D eigenvalue weighted by molar-refractivity contribution is 0.0948. The standard InChI is InChI=1S/C16H23NO4S/c1-2-3-9-21-15-6-4-14(5-7-15)16(18)17-11-13-8-10-22(19,20)12-13/h4-7,13H,2-3,8-12H2,1H3,(H,17,18)/t13-/m1/s1. The molecule has 6 heteroatoms. The van der Waals surface area contributed by atoms with Crippen LogP contribution in [0.5, 0.6) is 5.75 Å². The van der Waals surface area contributed by atoms with Gasteiger partial charge < -0.3 is 10.1 Å². The van der Waals surface area contributed by atoms with E-state index in [0.717, 1.165) is 18.6 Å². The zero-order valence-electron chi connectivity index (χ0n) is 12.9. The molecular formula is C16H23NO4S. The maximum atomic E-state index is 12.0. The van der Waals surface area contributed by atoms with Gasteiger partial charge in [-0.15, -0.1) is 0 Å². The number of hydrogen-bond donors (Lipinski definition) is 1. The molecule has 0 bridgehead atoms. The quantitative estimate of drug-likeness (QED) is 0.779. The second-order valence-corrected chi connectivity index (χ2v) is 7.93. The molecule has 0 saturated carbocycles. The fourth-order valence-electron chi connectivity index (χ4n) is 2.41. The molecule has 1 saturated heterocycles. The van der Waals surface area contributed by atoms with Gasteiger partial charge in [-0.3, -0.25) is 4.79 Å². The van der Waals surface area contributed by atoms with Gasteiger partial charge >= 0.3 is 0 Å². The Bertz CT molecular complexity index is 595. The Kier molecular flexibility index (Phi) is 5.83. The van der Waals surface area contributed by atoms with Gasteiger partial charge in [0.25, 0.3) is 5.91 Å². The number of benzene rings is 1. The summed E-state index contributed by atoms with van der Waals surface area (Å²) in [6, 6.07) is 7.01. The van der Waals surface area contributed by atoms with Crippen molar-refractivity contribution < 1.29 is 17.9 Å². The molecule has 1 aliphatic heterocycles. The number of unbranched alkanes of at least 4 members (excludes halogenated alkanes) is 1. The Morgan fingerprint density at radius 3 is 2.64 bits per heavy atom. The van der Waals surface area contributed by atoms with Crippen LogP contribution in [-0.2, 0) is 9.84 Å². The van der Waals surface area contributed by atoms with Gasteiger partial charge in [-0.05, 0) is 43.0 Å². The third kappa shape index (κ3) is 5.02. The number of nitrogens with one attached hydrogen (secondary N) is 1. The molecule has 1 atom stereocenters. The smallest absolute Gasteiger partial charge is 0.251 e. The summed E-state index contributed by atoms with van der Waals surface area (Å²) in [5.74, 6) is 1.02. The van der Waals surface area contributed by atoms with E-state index in [1.807, 2.05) is 0 Å². The Morgan fingerprint density at radius 1 is 1.32 bits per heavy atom. The number of carbonyl (C=O) groups excluding carboxylic acids is 1. The number of hydrogen-bond acceptors (Lipinski definition) is 4. The third-order valence-corrected chi connectivity index (χ3v) is 5.60. The van der Waals surface area contributed by atoms with E-state index in [1.54, 1.807) is 24.3 Å². The number of sulfone groups is 1. The van der Waals surface area contributed by atoms with Crippen LogP contribution in [0.4, 0.5) is 0 Å². The molecule has 0 spiro atoms. The second kappa shape index (κ2) is 7.63. The van der Waals surface area contributed by atoms with E-state index in [9.17, 15) is 13.2 Å². The van der Waals surface area contributed by atoms with E-state index in [0.29, 0.717) is 25.1 Å². The predicted molar refractivity (Wildman–Crippen MR) is 85.9 cm³/mol. The van der Waals surface area contributed by atoms with Crippen LogP contribution in [-0.4, -0.2) is 39.0 Å². The summed E-state index contributed by atoms with van der Waals surface area (Å²) in [5, 5.41) is 2.81. The van der Waals surface area contributed by atoms with E-state index in [2.05, 4.69) is 12.2 Å². The van der Waals surface area contributed by atoms with Crippen molar-refractivity contribution in [2.75, 3.05) is 24.7 Å². The number of rotatable bonds is 7. The monoisotopic (exact) mass is 325 g/mol. The van der Waals surface area contributed by atoms with Crippen LogP contribution >= 0.6 is 0 Å². The van der Waals surface area contributed by atoms with E-state index < -0.39 is 9.84 Å². The normalized spacial score (nSPS) is 19.8. The molecule has 1 aromatic carbocycles. The van der Waals surface area contributed by atoms with Gasteiger partial charge in [-0.25, -0.2) is 8.42 Å². The van der Waals surface area contributed by atoms with Crippen LogP contribution in [0.1, 0.15) is 36.5 Å². The molecule has 5 nitrogen and oxygen atoms in total. The fraction of sp³-hybridized carbons (Fsp3) is 0.562. The van der Waals surface area contributed by atoms with Gasteiger partial charge in [-0.1, -0.05) is 13.3 Å². The molecule has 0 radical (unpaired) electrons. The van der Waals surface area contributed by atoms with Crippen molar-refractivity contribution in [1.29, 1.82) is 0 Å². The minimum Gasteiger partial charge on any atom is -0.494 e. The Labute approximate surface area is 132 Å². The summed E-state index contributed by atoms with van der Waals surface area (Å²) >= 11 is 0. The molecule has 1 N–H and O–H groups in total. The van der Waals surface area contributed by atoms with Gasteiger partial charge in [0.2, 0.25) is 0 Å². The van der Waals surface area contributed by atoms with Crippen LogP contribution in [0.3, 0.4) is 0 Å². The highest BCUT2D eigenvalue weighted by atomic mass is 32.2. The first kappa shape index (κ1) is 16.8. The van der Waals surface area contributed by atoms with Crippen LogP contribution < -0.4 is 10.1 Å².